The summed E-state index contributed by atoms with van der Waals surface area (Å²) in [6, 6.07) is 3.87. The van der Waals surface area contributed by atoms with Crippen molar-refractivity contribution in [1.29, 1.82) is 0 Å². The maximum Gasteiger partial charge on any atom is 0.260 e. The molecular weight excluding hydrogens is 335 g/mol. The first-order valence-electron chi connectivity index (χ1n) is 9.68. The minimum Gasteiger partial charge on any atom is -0.377 e. The predicted molar refractivity (Wildman–Crippen MR) is 94.2 cm³/mol. The molecule has 4 rings (SSSR count). The molecule has 0 spiro atoms. The minimum atomic E-state index is -1.62. The third-order valence-electron chi connectivity index (χ3n) is 6.21. The number of amides is 1. The summed E-state index contributed by atoms with van der Waals surface area (Å²) in [6.07, 6.45) is 7.82. The van der Waals surface area contributed by atoms with Gasteiger partial charge in [0, 0.05) is 37.5 Å². The molecule has 142 valence electrons. The zero-order valence-corrected chi connectivity index (χ0v) is 15.2. The van der Waals surface area contributed by atoms with E-state index in [0.717, 1.165) is 37.9 Å². The Bertz CT molecular complexity index is 637. The quantitative estimate of drug-likeness (QED) is 0.808. The molecule has 1 saturated carbocycles. The number of hydrogen-bond acceptors (Lipinski definition) is 4. The maximum absolute atomic E-state index is 14.6. The Morgan fingerprint density at radius 2 is 2.12 bits per heavy atom. The maximum atomic E-state index is 14.6. The zero-order chi connectivity index (χ0) is 18.0. The predicted octanol–water partition coefficient (Wildman–Crippen LogP) is 2.89. The molecule has 0 bridgehead atoms. The van der Waals surface area contributed by atoms with Gasteiger partial charge in [-0.2, -0.15) is 0 Å². The van der Waals surface area contributed by atoms with Crippen molar-refractivity contribution in [1.82, 2.24) is 9.88 Å². The molecule has 26 heavy (non-hydrogen) atoms. The van der Waals surface area contributed by atoms with Gasteiger partial charge in [-0.15, -0.1) is 0 Å². The van der Waals surface area contributed by atoms with Crippen LogP contribution < -0.4 is 0 Å². The van der Waals surface area contributed by atoms with Crippen molar-refractivity contribution in [3.63, 3.8) is 0 Å². The van der Waals surface area contributed by atoms with Crippen molar-refractivity contribution in [3.05, 3.63) is 30.1 Å². The lowest BCUT2D eigenvalue weighted by atomic mass is 9.72. The summed E-state index contributed by atoms with van der Waals surface area (Å²) >= 11 is 0. The highest BCUT2D eigenvalue weighted by Crippen LogP contribution is 2.43. The average Bonchev–Trinajstić information content (AvgIpc) is 2.66. The number of nitrogens with zero attached hydrogens (tertiary/aromatic N) is 2. The molecule has 2 saturated heterocycles. The summed E-state index contributed by atoms with van der Waals surface area (Å²) < 4.78 is 26.7. The molecule has 2 aliphatic heterocycles. The van der Waals surface area contributed by atoms with Gasteiger partial charge in [0.05, 0.1) is 19.3 Å². The summed E-state index contributed by atoms with van der Waals surface area (Å²) in [6.45, 7) is 2.93. The van der Waals surface area contributed by atoms with E-state index in [2.05, 4.69) is 4.98 Å². The lowest BCUT2D eigenvalue weighted by Gasteiger charge is -2.51. The van der Waals surface area contributed by atoms with Crippen molar-refractivity contribution < 1.29 is 18.7 Å². The lowest BCUT2D eigenvalue weighted by Crippen LogP contribution is -2.61. The molecule has 3 heterocycles. The van der Waals surface area contributed by atoms with Crippen LogP contribution in [0, 0.1) is 5.41 Å². The molecule has 0 aromatic carbocycles. The highest BCUT2D eigenvalue weighted by Gasteiger charge is 2.52. The first-order valence-corrected chi connectivity index (χ1v) is 9.68. The number of hydrogen-bond donors (Lipinski definition) is 0. The highest BCUT2D eigenvalue weighted by molar-refractivity contribution is 5.86. The SMILES string of the molecule is O=C(N1CC[C@H]2OCCC[C@@]2(COCc2ccncc2)C1)C1(F)CCC1. The number of carbonyl (C=O) groups is 1. The minimum absolute atomic E-state index is 0.0923. The Labute approximate surface area is 153 Å². The number of halogens is 1. The molecule has 3 fully saturated rings. The summed E-state index contributed by atoms with van der Waals surface area (Å²) in [5.74, 6) is -0.318. The average molecular weight is 362 g/mol. The Kier molecular flexibility index (Phi) is 4.97. The van der Waals surface area contributed by atoms with Crippen molar-refractivity contribution in [2.45, 2.75) is 56.9 Å². The largest absolute Gasteiger partial charge is 0.377 e. The Morgan fingerprint density at radius 3 is 2.85 bits per heavy atom. The third kappa shape index (κ3) is 3.37. The van der Waals surface area contributed by atoms with Crippen molar-refractivity contribution in [3.8, 4) is 0 Å². The monoisotopic (exact) mass is 362 g/mol. The Balaban J connectivity index is 1.43. The fourth-order valence-corrected chi connectivity index (χ4v) is 4.51. The summed E-state index contributed by atoms with van der Waals surface area (Å²) in [4.78, 5) is 18.4. The molecule has 1 aliphatic carbocycles. The van der Waals surface area contributed by atoms with Crippen LogP contribution in [0.15, 0.2) is 24.5 Å². The standard InChI is InChI=1S/C20H27FN2O3/c21-20(7-1-8-20)18(24)23-11-5-17-19(14-23,6-2-12-26-17)15-25-13-16-3-9-22-10-4-16/h3-4,9-10,17H,1-2,5-8,11-15H2/t17-,19+/m1/s1. The van der Waals surface area contributed by atoms with Crippen LogP contribution in [0.5, 0.6) is 0 Å². The van der Waals surface area contributed by atoms with Gasteiger partial charge in [0.1, 0.15) is 0 Å². The number of ether oxygens (including phenoxy) is 2. The fourth-order valence-electron chi connectivity index (χ4n) is 4.51. The van der Waals surface area contributed by atoms with Gasteiger partial charge in [0.25, 0.3) is 5.91 Å². The smallest absolute Gasteiger partial charge is 0.260 e. The highest BCUT2D eigenvalue weighted by atomic mass is 19.1. The van der Waals surface area contributed by atoms with E-state index < -0.39 is 5.67 Å². The molecule has 0 N–H and O–H groups in total. The van der Waals surface area contributed by atoms with Crippen molar-refractivity contribution in [2.75, 3.05) is 26.3 Å². The molecule has 0 unspecified atom stereocenters. The number of pyridine rings is 1. The van der Waals surface area contributed by atoms with Crippen LogP contribution in [0.25, 0.3) is 0 Å². The zero-order valence-electron chi connectivity index (χ0n) is 15.2. The molecule has 1 aromatic heterocycles. The number of carbonyl (C=O) groups excluding carboxylic acids is 1. The second kappa shape index (κ2) is 7.24. The van der Waals surface area contributed by atoms with Gasteiger partial charge in [-0.1, -0.05) is 0 Å². The van der Waals surface area contributed by atoms with Gasteiger partial charge in [0.2, 0.25) is 0 Å². The van der Waals surface area contributed by atoms with E-state index in [1.165, 1.54) is 0 Å². The molecule has 6 heteroatoms. The third-order valence-corrected chi connectivity index (χ3v) is 6.21. The molecule has 1 aromatic rings. The topological polar surface area (TPSA) is 51.7 Å². The van der Waals surface area contributed by atoms with Gasteiger partial charge >= 0.3 is 0 Å². The van der Waals surface area contributed by atoms with Crippen LogP contribution in [0.1, 0.15) is 44.1 Å². The van der Waals surface area contributed by atoms with Gasteiger partial charge in [-0.25, -0.2) is 4.39 Å². The molecule has 3 aliphatic rings. The molecule has 1 amide bonds. The Hall–Kier alpha value is -1.53. The van der Waals surface area contributed by atoms with Crippen LogP contribution in [0.3, 0.4) is 0 Å². The van der Waals surface area contributed by atoms with Crippen molar-refractivity contribution >= 4 is 5.91 Å². The lowest BCUT2D eigenvalue weighted by molar-refractivity contribution is -0.176. The number of rotatable bonds is 5. The van der Waals surface area contributed by atoms with Crippen LogP contribution >= 0.6 is 0 Å². The van der Waals surface area contributed by atoms with E-state index in [1.807, 2.05) is 12.1 Å². The van der Waals surface area contributed by atoms with E-state index >= 15 is 0 Å². The van der Waals surface area contributed by atoms with Crippen LogP contribution in [-0.2, 0) is 20.9 Å². The first kappa shape index (κ1) is 17.9. The number of aromatic nitrogens is 1. The second-order valence-corrected chi connectivity index (χ2v) is 8.01. The van der Waals surface area contributed by atoms with Crippen LogP contribution in [0.4, 0.5) is 4.39 Å². The van der Waals surface area contributed by atoms with E-state index in [-0.39, 0.29) is 17.4 Å². The summed E-state index contributed by atoms with van der Waals surface area (Å²) in [5.41, 5.74) is -0.772. The van der Waals surface area contributed by atoms with Crippen molar-refractivity contribution in [2.24, 2.45) is 5.41 Å². The van der Waals surface area contributed by atoms with E-state index in [9.17, 15) is 9.18 Å². The van der Waals surface area contributed by atoms with E-state index in [0.29, 0.717) is 39.1 Å². The molecular formula is C20H27FN2O3. The van der Waals surface area contributed by atoms with Gasteiger partial charge in [-0.3, -0.25) is 9.78 Å². The number of likely N-dealkylation sites (tertiary alicyclic amines) is 1. The van der Waals surface area contributed by atoms with E-state index in [4.69, 9.17) is 9.47 Å². The van der Waals surface area contributed by atoms with Gasteiger partial charge in [-0.05, 0) is 56.2 Å². The fraction of sp³-hybridized carbons (Fsp3) is 0.700. The number of fused-ring (bicyclic) bond motifs is 1. The number of piperidine rings is 1. The molecule has 0 radical (unpaired) electrons. The summed E-state index contributed by atoms with van der Waals surface area (Å²) in [7, 11) is 0. The van der Waals surface area contributed by atoms with Gasteiger partial charge < -0.3 is 14.4 Å². The Morgan fingerprint density at radius 1 is 1.31 bits per heavy atom. The summed E-state index contributed by atoms with van der Waals surface area (Å²) in [5, 5.41) is 0. The van der Waals surface area contributed by atoms with Crippen LogP contribution in [-0.4, -0.2) is 53.9 Å². The second-order valence-electron chi connectivity index (χ2n) is 8.01. The number of alkyl halides is 1. The van der Waals surface area contributed by atoms with E-state index in [1.54, 1.807) is 17.3 Å². The van der Waals surface area contributed by atoms with Crippen LogP contribution in [0.2, 0.25) is 0 Å². The molecule has 2 atom stereocenters. The normalized spacial score (nSPS) is 30.3. The first-order chi connectivity index (χ1) is 12.6. The molecule has 5 nitrogen and oxygen atoms in total. The van der Waals surface area contributed by atoms with Gasteiger partial charge in [0.15, 0.2) is 5.67 Å².